The van der Waals surface area contributed by atoms with Crippen molar-refractivity contribution in [3.63, 3.8) is 0 Å². The molecule has 0 saturated heterocycles. The second kappa shape index (κ2) is 13.0. The predicted octanol–water partition coefficient (Wildman–Crippen LogP) is 14.2. The van der Waals surface area contributed by atoms with Crippen LogP contribution in [-0.2, 0) is 0 Å². The molecule has 0 amide bonds. The lowest BCUT2D eigenvalue weighted by Crippen LogP contribution is -2.12. The second-order valence-electron chi connectivity index (χ2n) is 12.5. The van der Waals surface area contributed by atoms with E-state index < -0.39 is 0 Å². The summed E-state index contributed by atoms with van der Waals surface area (Å²) in [5.74, 6) is 0. The van der Waals surface area contributed by atoms with E-state index in [1.165, 1.54) is 64.7 Å². The highest BCUT2D eigenvalue weighted by Crippen LogP contribution is 2.48. The molecule has 0 aliphatic heterocycles. The monoisotopic (exact) mass is 655 g/mol. The van der Waals surface area contributed by atoms with Crippen molar-refractivity contribution in [3.8, 4) is 44.5 Å². The summed E-state index contributed by atoms with van der Waals surface area (Å²) in [5.41, 5.74) is 12.9. The van der Waals surface area contributed by atoms with Gasteiger partial charge in [-0.2, -0.15) is 0 Å². The van der Waals surface area contributed by atoms with E-state index in [4.69, 9.17) is 0 Å². The summed E-state index contributed by atoms with van der Waals surface area (Å²) in [4.78, 5) is 2.41. The molecule has 9 rings (SSSR count). The van der Waals surface area contributed by atoms with Crippen LogP contribution in [0.3, 0.4) is 0 Å². The fourth-order valence-electron chi connectivity index (χ4n) is 7.15. The SMILES string of the molecule is c1ccc(-c2ccccc2-c2c(-c3ccccc3)cccc2N(c2ccccc2)c2ccc(-c3ccc4sc5ccccc5c4c3)cc2)cc1. The zero-order valence-corrected chi connectivity index (χ0v) is 28.2. The minimum Gasteiger partial charge on any atom is -0.310 e. The van der Waals surface area contributed by atoms with Crippen LogP contribution < -0.4 is 4.90 Å². The van der Waals surface area contributed by atoms with Crippen molar-refractivity contribution in [2.24, 2.45) is 0 Å². The number of anilines is 3. The molecule has 8 aromatic carbocycles. The van der Waals surface area contributed by atoms with Gasteiger partial charge in [0, 0.05) is 37.1 Å². The Morgan fingerprint density at radius 2 is 0.860 bits per heavy atom. The minimum absolute atomic E-state index is 1.10. The minimum atomic E-state index is 1.10. The van der Waals surface area contributed by atoms with Crippen molar-refractivity contribution in [1.29, 1.82) is 0 Å². The number of benzene rings is 8. The topological polar surface area (TPSA) is 3.24 Å². The van der Waals surface area contributed by atoms with E-state index in [-0.39, 0.29) is 0 Å². The highest BCUT2D eigenvalue weighted by atomic mass is 32.1. The zero-order chi connectivity index (χ0) is 33.3. The molecule has 0 atom stereocenters. The maximum Gasteiger partial charge on any atom is 0.0546 e. The average molecular weight is 656 g/mol. The summed E-state index contributed by atoms with van der Waals surface area (Å²) in [5, 5.41) is 2.64. The lowest BCUT2D eigenvalue weighted by atomic mass is 9.87. The molecule has 1 heterocycles. The standard InChI is InChI=1S/C48H33NS/c1-4-15-35(16-5-1)40-21-10-11-23-43(40)48-41(36-17-6-2-7-18-36)24-14-25-45(48)49(38-19-8-3-9-20-38)39-30-27-34(28-31-39)37-29-32-47-44(33-37)42-22-12-13-26-46(42)50-47/h1-33H. The fraction of sp³-hybridized carbons (Fsp3) is 0. The maximum absolute atomic E-state index is 2.41. The average Bonchev–Trinajstić information content (AvgIpc) is 3.57. The first-order valence-corrected chi connectivity index (χ1v) is 17.8. The molecule has 0 unspecified atom stereocenters. The Morgan fingerprint density at radius 3 is 1.60 bits per heavy atom. The molecular formula is C48H33NS. The van der Waals surface area contributed by atoms with Crippen LogP contribution in [0.25, 0.3) is 64.7 Å². The Bertz CT molecular complexity index is 2570. The van der Waals surface area contributed by atoms with E-state index in [1.807, 2.05) is 11.3 Å². The molecule has 0 N–H and O–H groups in total. The van der Waals surface area contributed by atoms with Crippen LogP contribution in [0.4, 0.5) is 17.1 Å². The van der Waals surface area contributed by atoms with Crippen LogP contribution in [0.5, 0.6) is 0 Å². The first-order chi connectivity index (χ1) is 24.8. The van der Waals surface area contributed by atoms with Gasteiger partial charge in [-0.1, -0.05) is 152 Å². The van der Waals surface area contributed by atoms with Gasteiger partial charge in [0.15, 0.2) is 0 Å². The van der Waals surface area contributed by atoms with Crippen molar-refractivity contribution < 1.29 is 0 Å². The van der Waals surface area contributed by atoms with E-state index in [2.05, 4.69) is 205 Å². The zero-order valence-electron chi connectivity index (χ0n) is 27.4. The molecule has 0 saturated carbocycles. The van der Waals surface area contributed by atoms with Crippen LogP contribution in [-0.4, -0.2) is 0 Å². The summed E-state index contributed by atoms with van der Waals surface area (Å²) in [6.45, 7) is 0. The van der Waals surface area contributed by atoms with Gasteiger partial charge in [-0.3, -0.25) is 0 Å². The van der Waals surface area contributed by atoms with Crippen molar-refractivity contribution in [1.82, 2.24) is 0 Å². The normalized spacial score (nSPS) is 11.2. The van der Waals surface area contributed by atoms with Gasteiger partial charge in [-0.15, -0.1) is 11.3 Å². The van der Waals surface area contributed by atoms with Gasteiger partial charge in [-0.25, -0.2) is 0 Å². The first-order valence-electron chi connectivity index (χ1n) is 17.0. The smallest absolute Gasteiger partial charge is 0.0546 e. The van der Waals surface area contributed by atoms with E-state index in [0.29, 0.717) is 0 Å². The highest BCUT2D eigenvalue weighted by molar-refractivity contribution is 7.25. The molecule has 236 valence electrons. The van der Waals surface area contributed by atoms with Crippen molar-refractivity contribution in [2.45, 2.75) is 0 Å². The largest absolute Gasteiger partial charge is 0.310 e. The van der Waals surface area contributed by atoms with Crippen LogP contribution in [0.2, 0.25) is 0 Å². The third-order valence-electron chi connectivity index (χ3n) is 9.50. The van der Waals surface area contributed by atoms with Crippen molar-refractivity contribution in [3.05, 3.63) is 200 Å². The van der Waals surface area contributed by atoms with Gasteiger partial charge in [0.1, 0.15) is 0 Å². The molecule has 9 aromatic rings. The van der Waals surface area contributed by atoms with E-state index in [0.717, 1.165) is 17.1 Å². The molecule has 0 radical (unpaired) electrons. The maximum atomic E-state index is 2.41. The molecule has 0 bridgehead atoms. The molecule has 1 nitrogen and oxygen atoms in total. The molecule has 2 heteroatoms. The summed E-state index contributed by atoms with van der Waals surface area (Å²) in [6.07, 6.45) is 0. The number of fused-ring (bicyclic) bond motifs is 3. The van der Waals surface area contributed by atoms with Crippen LogP contribution in [0.1, 0.15) is 0 Å². The molecule has 50 heavy (non-hydrogen) atoms. The molecule has 0 aliphatic carbocycles. The van der Waals surface area contributed by atoms with E-state index >= 15 is 0 Å². The van der Waals surface area contributed by atoms with Gasteiger partial charge >= 0.3 is 0 Å². The summed E-state index contributed by atoms with van der Waals surface area (Å²) in [6, 6.07) is 72.3. The van der Waals surface area contributed by atoms with Gasteiger partial charge < -0.3 is 4.90 Å². The fourth-order valence-corrected chi connectivity index (χ4v) is 8.24. The first kappa shape index (κ1) is 29.9. The number of hydrogen-bond donors (Lipinski definition) is 0. The summed E-state index contributed by atoms with van der Waals surface area (Å²) >= 11 is 1.86. The van der Waals surface area contributed by atoms with Gasteiger partial charge in [0.2, 0.25) is 0 Å². The van der Waals surface area contributed by atoms with Crippen LogP contribution in [0, 0.1) is 0 Å². The Labute approximate surface area is 297 Å². The van der Waals surface area contributed by atoms with Crippen molar-refractivity contribution >= 4 is 48.6 Å². The lowest BCUT2D eigenvalue weighted by Gasteiger charge is -2.30. The number of thiophene rings is 1. The molecule has 0 aliphatic rings. The van der Waals surface area contributed by atoms with Gasteiger partial charge in [0.25, 0.3) is 0 Å². The quantitative estimate of drug-likeness (QED) is 0.165. The highest BCUT2D eigenvalue weighted by Gasteiger charge is 2.22. The van der Waals surface area contributed by atoms with Crippen LogP contribution >= 0.6 is 11.3 Å². The molecule has 1 aromatic heterocycles. The molecule has 0 fully saturated rings. The van der Waals surface area contributed by atoms with Gasteiger partial charge in [0.05, 0.1) is 5.69 Å². The summed E-state index contributed by atoms with van der Waals surface area (Å²) in [7, 11) is 0. The lowest BCUT2D eigenvalue weighted by molar-refractivity contribution is 1.28. The summed E-state index contributed by atoms with van der Waals surface area (Å²) < 4.78 is 2.65. The third kappa shape index (κ3) is 5.46. The molecule has 0 spiro atoms. The van der Waals surface area contributed by atoms with E-state index in [9.17, 15) is 0 Å². The number of rotatable bonds is 7. The van der Waals surface area contributed by atoms with Crippen molar-refractivity contribution in [2.75, 3.05) is 4.90 Å². The number of para-hydroxylation sites is 1. The van der Waals surface area contributed by atoms with Crippen LogP contribution in [0.15, 0.2) is 200 Å². The Hall–Kier alpha value is -6.22. The number of nitrogens with zero attached hydrogens (tertiary/aromatic N) is 1. The Balaban J connectivity index is 1.23. The Morgan fingerprint density at radius 1 is 0.320 bits per heavy atom. The molecular weight excluding hydrogens is 623 g/mol. The Kier molecular flexibility index (Phi) is 7.77. The number of hydrogen-bond acceptors (Lipinski definition) is 2. The second-order valence-corrected chi connectivity index (χ2v) is 13.6. The van der Waals surface area contributed by atoms with E-state index in [1.54, 1.807) is 0 Å². The third-order valence-corrected chi connectivity index (χ3v) is 10.7. The predicted molar refractivity (Wildman–Crippen MR) is 216 cm³/mol. The van der Waals surface area contributed by atoms with Gasteiger partial charge in [-0.05, 0) is 87.5 Å².